The number of nitro groups is 1. The Morgan fingerprint density at radius 2 is 2.10 bits per heavy atom. The Balaban J connectivity index is 2.13. The summed E-state index contributed by atoms with van der Waals surface area (Å²) in [5, 5.41) is 13.8. The zero-order chi connectivity index (χ0) is 15.4. The maximum atomic E-state index is 12.3. The van der Waals surface area contributed by atoms with Gasteiger partial charge in [-0.05, 0) is 39.0 Å². The smallest absolute Gasteiger partial charge is 0.270 e. The summed E-state index contributed by atoms with van der Waals surface area (Å²) in [7, 11) is 3.48. The summed E-state index contributed by atoms with van der Waals surface area (Å²) in [5.41, 5.74) is 0.0787. The summed E-state index contributed by atoms with van der Waals surface area (Å²) in [5.74, 6) is 0.0103. The van der Waals surface area contributed by atoms with Crippen LogP contribution in [0.25, 0.3) is 0 Å². The molecular formula is C14H19N3O4. The highest BCUT2D eigenvalue weighted by molar-refractivity contribution is 5.97. The van der Waals surface area contributed by atoms with Gasteiger partial charge in [0.25, 0.3) is 11.6 Å². The molecule has 0 radical (unpaired) electrons. The molecule has 0 aromatic heterocycles. The first-order valence-electron chi connectivity index (χ1n) is 6.83. The van der Waals surface area contributed by atoms with E-state index >= 15 is 0 Å². The van der Waals surface area contributed by atoms with Crippen LogP contribution in [0.5, 0.6) is 5.75 Å². The molecule has 21 heavy (non-hydrogen) atoms. The highest BCUT2D eigenvalue weighted by atomic mass is 16.6. The van der Waals surface area contributed by atoms with E-state index in [0.29, 0.717) is 5.75 Å². The Morgan fingerprint density at radius 1 is 1.43 bits per heavy atom. The molecule has 0 unspecified atom stereocenters. The molecule has 1 amide bonds. The predicted molar refractivity (Wildman–Crippen MR) is 77.6 cm³/mol. The van der Waals surface area contributed by atoms with Gasteiger partial charge in [-0.3, -0.25) is 14.9 Å². The molecule has 2 rings (SSSR count). The Bertz CT molecular complexity index is 539. The number of piperidine rings is 1. The number of hydrogen-bond donors (Lipinski definition) is 1. The highest BCUT2D eigenvalue weighted by Gasteiger charge is 2.22. The monoisotopic (exact) mass is 293 g/mol. The SMILES string of the molecule is COc1ccc([N+](=O)[O-])cc1C(=O)NC1CCN(C)CC1. The number of ether oxygens (including phenoxy) is 1. The molecular weight excluding hydrogens is 274 g/mol. The van der Waals surface area contributed by atoms with Gasteiger partial charge in [0, 0.05) is 18.2 Å². The van der Waals surface area contributed by atoms with Crippen molar-refractivity contribution >= 4 is 11.6 Å². The zero-order valence-corrected chi connectivity index (χ0v) is 12.2. The molecule has 1 heterocycles. The average Bonchev–Trinajstić information content (AvgIpc) is 2.48. The Kier molecular flexibility index (Phi) is 4.74. The van der Waals surface area contributed by atoms with E-state index in [0.717, 1.165) is 25.9 Å². The molecule has 114 valence electrons. The van der Waals surface area contributed by atoms with E-state index in [-0.39, 0.29) is 23.2 Å². The molecule has 0 atom stereocenters. The van der Waals surface area contributed by atoms with Crippen molar-refractivity contribution < 1.29 is 14.5 Å². The minimum atomic E-state index is -0.522. The summed E-state index contributed by atoms with van der Waals surface area (Å²) in [6, 6.07) is 4.12. The molecule has 7 heteroatoms. The number of nitrogens with zero attached hydrogens (tertiary/aromatic N) is 2. The Labute approximate surface area is 123 Å². The number of nitro benzene ring substituents is 1. The number of nitrogens with one attached hydrogen (secondary N) is 1. The lowest BCUT2D eigenvalue weighted by Crippen LogP contribution is -2.43. The number of rotatable bonds is 4. The lowest BCUT2D eigenvalue weighted by molar-refractivity contribution is -0.384. The Hall–Kier alpha value is -2.15. The highest BCUT2D eigenvalue weighted by Crippen LogP contribution is 2.24. The van der Waals surface area contributed by atoms with Crippen molar-refractivity contribution in [3.63, 3.8) is 0 Å². The van der Waals surface area contributed by atoms with Crippen LogP contribution in [-0.4, -0.2) is 49.0 Å². The van der Waals surface area contributed by atoms with E-state index in [4.69, 9.17) is 4.74 Å². The molecule has 0 spiro atoms. The number of non-ortho nitro benzene ring substituents is 1. The van der Waals surface area contributed by atoms with Crippen molar-refractivity contribution in [2.75, 3.05) is 27.2 Å². The molecule has 1 aromatic carbocycles. The van der Waals surface area contributed by atoms with Crippen molar-refractivity contribution in [3.05, 3.63) is 33.9 Å². The van der Waals surface area contributed by atoms with E-state index in [2.05, 4.69) is 10.2 Å². The lowest BCUT2D eigenvalue weighted by atomic mass is 10.0. The van der Waals surface area contributed by atoms with Crippen LogP contribution in [0.2, 0.25) is 0 Å². The zero-order valence-electron chi connectivity index (χ0n) is 12.2. The van der Waals surface area contributed by atoms with Gasteiger partial charge in [0.2, 0.25) is 0 Å². The summed E-state index contributed by atoms with van der Waals surface area (Å²) in [4.78, 5) is 24.8. The van der Waals surface area contributed by atoms with Gasteiger partial charge in [0.15, 0.2) is 0 Å². The maximum Gasteiger partial charge on any atom is 0.270 e. The number of carbonyl (C=O) groups excluding carboxylic acids is 1. The van der Waals surface area contributed by atoms with Gasteiger partial charge in [0.05, 0.1) is 17.6 Å². The standard InChI is InChI=1S/C14H19N3O4/c1-16-7-5-10(6-8-16)15-14(18)12-9-11(17(19)20)3-4-13(12)21-2/h3-4,9-10H,5-8H2,1-2H3,(H,15,18). The Morgan fingerprint density at radius 3 is 2.67 bits per heavy atom. The van der Waals surface area contributed by atoms with Gasteiger partial charge in [0.1, 0.15) is 5.75 Å². The van der Waals surface area contributed by atoms with Crippen molar-refractivity contribution in [2.45, 2.75) is 18.9 Å². The number of likely N-dealkylation sites (tertiary alicyclic amines) is 1. The van der Waals surface area contributed by atoms with Crippen molar-refractivity contribution in [1.82, 2.24) is 10.2 Å². The normalized spacial score (nSPS) is 16.5. The van der Waals surface area contributed by atoms with Gasteiger partial charge in [-0.2, -0.15) is 0 Å². The first-order valence-corrected chi connectivity index (χ1v) is 6.83. The largest absolute Gasteiger partial charge is 0.496 e. The van der Waals surface area contributed by atoms with Gasteiger partial charge in [-0.15, -0.1) is 0 Å². The van der Waals surface area contributed by atoms with E-state index in [1.807, 2.05) is 7.05 Å². The van der Waals surface area contributed by atoms with Crippen molar-refractivity contribution in [2.24, 2.45) is 0 Å². The molecule has 0 aliphatic carbocycles. The second-order valence-electron chi connectivity index (χ2n) is 5.19. The minimum Gasteiger partial charge on any atom is -0.496 e. The molecule has 1 fully saturated rings. The topological polar surface area (TPSA) is 84.7 Å². The third-order valence-corrected chi connectivity index (χ3v) is 3.69. The molecule has 1 aliphatic rings. The third kappa shape index (κ3) is 3.69. The van der Waals surface area contributed by atoms with Gasteiger partial charge >= 0.3 is 0 Å². The van der Waals surface area contributed by atoms with Crippen molar-refractivity contribution in [1.29, 1.82) is 0 Å². The summed E-state index contributed by atoms with van der Waals surface area (Å²) < 4.78 is 5.12. The van der Waals surface area contributed by atoms with E-state index in [9.17, 15) is 14.9 Å². The van der Waals surface area contributed by atoms with Crippen LogP contribution in [-0.2, 0) is 0 Å². The fourth-order valence-electron chi connectivity index (χ4n) is 2.40. The van der Waals surface area contributed by atoms with Crippen LogP contribution in [0.4, 0.5) is 5.69 Å². The molecule has 1 aliphatic heterocycles. The summed E-state index contributed by atoms with van der Waals surface area (Å²) in [6.07, 6.45) is 1.75. The molecule has 1 N–H and O–H groups in total. The number of methoxy groups -OCH3 is 1. The van der Waals surface area contributed by atoms with Crippen LogP contribution >= 0.6 is 0 Å². The van der Waals surface area contributed by atoms with E-state index < -0.39 is 4.92 Å². The maximum absolute atomic E-state index is 12.3. The van der Waals surface area contributed by atoms with Crippen LogP contribution in [0.1, 0.15) is 23.2 Å². The molecule has 1 aromatic rings. The first-order chi connectivity index (χ1) is 10.0. The van der Waals surface area contributed by atoms with Crippen LogP contribution in [0.3, 0.4) is 0 Å². The second kappa shape index (κ2) is 6.53. The first kappa shape index (κ1) is 15.2. The predicted octanol–water partition coefficient (Wildman–Crippen LogP) is 1.43. The number of carbonyl (C=O) groups is 1. The number of hydrogen-bond acceptors (Lipinski definition) is 5. The van der Waals surface area contributed by atoms with Crippen molar-refractivity contribution in [3.8, 4) is 5.75 Å². The molecule has 1 saturated heterocycles. The number of benzene rings is 1. The van der Waals surface area contributed by atoms with E-state index in [1.165, 1.54) is 25.3 Å². The third-order valence-electron chi connectivity index (χ3n) is 3.69. The molecule has 0 bridgehead atoms. The fraction of sp³-hybridized carbons (Fsp3) is 0.500. The fourth-order valence-corrected chi connectivity index (χ4v) is 2.40. The second-order valence-corrected chi connectivity index (χ2v) is 5.19. The molecule has 7 nitrogen and oxygen atoms in total. The van der Waals surface area contributed by atoms with Gasteiger partial charge in [-0.25, -0.2) is 0 Å². The van der Waals surface area contributed by atoms with Crippen LogP contribution in [0, 0.1) is 10.1 Å². The molecule has 0 saturated carbocycles. The van der Waals surface area contributed by atoms with Gasteiger partial charge in [-0.1, -0.05) is 0 Å². The van der Waals surface area contributed by atoms with Gasteiger partial charge < -0.3 is 15.0 Å². The van der Waals surface area contributed by atoms with Crippen LogP contribution < -0.4 is 10.1 Å². The van der Waals surface area contributed by atoms with Crippen LogP contribution in [0.15, 0.2) is 18.2 Å². The lowest BCUT2D eigenvalue weighted by Gasteiger charge is -2.29. The summed E-state index contributed by atoms with van der Waals surface area (Å²) in [6.45, 7) is 1.86. The number of amides is 1. The average molecular weight is 293 g/mol. The van der Waals surface area contributed by atoms with E-state index in [1.54, 1.807) is 0 Å². The summed E-state index contributed by atoms with van der Waals surface area (Å²) >= 11 is 0. The quantitative estimate of drug-likeness (QED) is 0.670. The minimum absolute atomic E-state index is 0.0951.